The Morgan fingerprint density at radius 2 is 2.05 bits per heavy atom. The van der Waals surface area contributed by atoms with Gasteiger partial charge in [-0.2, -0.15) is 13.2 Å². The van der Waals surface area contributed by atoms with Gasteiger partial charge in [0, 0.05) is 12.1 Å². The van der Waals surface area contributed by atoms with E-state index in [2.05, 4.69) is 5.32 Å². The van der Waals surface area contributed by atoms with Crippen molar-refractivity contribution >= 4 is 5.91 Å². The summed E-state index contributed by atoms with van der Waals surface area (Å²) in [5.74, 6) is -1.11. The monoisotopic (exact) mass is 308 g/mol. The number of ether oxygens (including phenoxy) is 1. The summed E-state index contributed by atoms with van der Waals surface area (Å²) in [7, 11) is 0. The van der Waals surface area contributed by atoms with E-state index in [1.54, 1.807) is 5.32 Å². The zero-order valence-electron chi connectivity index (χ0n) is 11.4. The Balaban J connectivity index is 2.56. The van der Waals surface area contributed by atoms with Gasteiger partial charge in [0.15, 0.2) is 6.61 Å². The zero-order valence-corrected chi connectivity index (χ0v) is 11.4. The van der Waals surface area contributed by atoms with Crippen LogP contribution in [0.5, 0.6) is 5.75 Å². The van der Waals surface area contributed by atoms with Gasteiger partial charge in [-0.15, -0.1) is 0 Å². The van der Waals surface area contributed by atoms with Crippen LogP contribution in [0.2, 0.25) is 0 Å². The average molecular weight is 308 g/mol. The summed E-state index contributed by atoms with van der Waals surface area (Å²) in [6, 6.07) is 3.73. The molecule has 4 nitrogen and oxygen atoms in total. The lowest BCUT2D eigenvalue weighted by Crippen LogP contribution is -2.36. The van der Waals surface area contributed by atoms with Crippen molar-refractivity contribution in [3.05, 3.63) is 29.6 Å². The minimum Gasteiger partial charge on any atom is -0.483 e. The molecule has 2 N–H and O–H groups in total. The van der Waals surface area contributed by atoms with Crippen molar-refractivity contribution in [2.24, 2.45) is 0 Å². The molecule has 0 aromatic heterocycles. The van der Waals surface area contributed by atoms with Gasteiger partial charge in [0.05, 0.1) is 0 Å². The number of carbonyl (C=O) groups is 1. The second-order valence-electron chi connectivity index (χ2n) is 4.21. The summed E-state index contributed by atoms with van der Waals surface area (Å²) in [6.07, 6.45) is -4.47. The summed E-state index contributed by atoms with van der Waals surface area (Å²) in [5, 5.41) is 4.66. The van der Waals surface area contributed by atoms with Crippen LogP contribution in [-0.2, 0) is 11.3 Å². The van der Waals surface area contributed by atoms with Crippen molar-refractivity contribution in [2.45, 2.75) is 19.6 Å². The molecule has 0 fully saturated rings. The van der Waals surface area contributed by atoms with Crippen LogP contribution in [0.1, 0.15) is 12.5 Å². The topological polar surface area (TPSA) is 50.4 Å². The molecule has 0 unspecified atom stereocenters. The van der Waals surface area contributed by atoms with E-state index in [4.69, 9.17) is 4.74 Å². The first kappa shape index (κ1) is 17.2. The summed E-state index contributed by atoms with van der Waals surface area (Å²) >= 11 is 0. The molecule has 0 aliphatic carbocycles. The first-order valence-corrected chi connectivity index (χ1v) is 6.27. The normalized spacial score (nSPS) is 11.3. The maximum absolute atomic E-state index is 13.1. The minimum absolute atomic E-state index is 0.250. The van der Waals surface area contributed by atoms with E-state index >= 15 is 0 Å². The fraction of sp³-hybridized carbons (Fsp3) is 0.462. The van der Waals surface area contributed by atoms with Crippen molar-refractivity contribution in [3.8, 4) is 5.75 Å². The molecule has 0 heterocycles. The standard InChI is InChI=1S/C13H16F4N2O2/c1-2-18-6-9-5-10(14)3-4-11(9)21-7-12(20)19-8-13(15,16)17/h3-5,18H,2,6-8H2,1H3,(H,19,20). The lowest BCUT2D eigenvalue weighted by molar-refractivity contribution is -0.139. The molecule has 0 radical (unpaired) electrons. The van der Waals surface area contributed by atoms with Gasteiger partial charge in [0.25, 0.3) is 5.91 Å². The van der Waals surface area contributed by atoms with Gasteiger partial charge in [-0.05, 0) is 24.7 Å². The van der Waals surface area contributed by atoms with E-state index in [1.165, 1.54) is 12.1 Å². The van der Waals surface area contributed by atoms with Gasteiger partial charge in [0.1, 0.15) is 18.1 Å². The number of hydrogen-bond acceptors (Lipinski definition) is 3. The average Bonchev–Trinajstić information content (AvgIpc) is 2.41. The van der Waals surface area contributed by atoms with Crippen LogP contribution in [0.4, 0.5) is 17.6 Å². The van der Waals surface area contributed by atoms with E-state index in [9.17, 15) is 22.4 Å². The summed E-state index contributed by atoms with van der Waals surface area (Å²) in [4.78, 5) is 11.2. The van der Waals surface area contributed by atoms with E-state index in [0.29, 0.717) is 18.7 Å². The summed E-state index contributed by atoms with van der Waals surface area (Å²) in [5.41, 5.74) is 0.487. The Kier molecular flexibility index (Phi) is 6.41. The summed E-state index contributed by atoms with van der Waals surface area (Å²) in [6.45, 7) is 0.865. The van der Waals surface area contributed by atoms with Crippen molar-refractivity contribution in [2.75, 3.05) is 19.7 Å². The molecule has 1 rings (SSSR count). The number of halogens is 4. The first-order valence-electron chi connectivity index (χ1n) is 6.27. The van der Waals surface area contributed by atoms with Crippen molar-refractivity contribution in [1.82, 2.24) is 10.6 Å². The maximum Gasteiger partial charge on any atom is 0.405 e. The first-order chi connectivity index (χ1) is 9.81. The van der Waals surface area contributed by atoms with Crippen LogP contribution >= 0.6 is 0 Å². The fourth-order valence-electron chi connectivity index (χ4n) is 1.48. The summed E-state index contributed by atoms with van der Waals surface area (Å²) < 4.78 is 54.0. The van der Waals surface area contributed by atoms with Gasteiger partial charge in [-0.1, -0.05) is 6.92 Å². The van der Waals surface area contributed by atoms with Crippen molar-refractivity contribution in [1.29, 1.82) is 0 Å². The highest BCUT2D eigenvalue weighted by atomic mass is 19.4. The SMILES string of the molecule is CCNCc1cc(F)ccc1OCC(=O)NCC(F)(F)F. The highest BCUT2D eigenvalue weighted by Crippen LogP contribution is 2.19. The van der Waals surface area contributed by atoms with Crippen molar-refractivity contribution < 1.29 is 27.1 Å². The molecule has 0 saturated carbocycles. The molecule has 118 valence electrons. The molecule has 0 spiro atoms. The number of carbonyl (C=O) groups excluding carboxylic acids is 1. The molecule has 0 aliphatic heterocycles. The maximum atomic E-state index is 13.1. The largest absolute Gasteiger partial charge is 0.483 e. The number of amides is 1. The van der Waals surface area contributed by atoms with Crippen LogP contribution in [-0.4, -0.2) is 31.8 Å². The fourth-order valence-corrected chi connectivity index (χ4v) is 1.48. The Bertz CT molecular complexity index is 478. The quantitative estimate of drug-likeness (QED) is 0.758. The molecule has 8 heteroatoms. The molecular weight excluding hydrogens is 292 g/mol. The number of rotatable bonds is 7. The van der Waals surface area contributed by atoms with Gasteiger partial charge in [0.2, 0.25) is 0 Å². The Morgan fingerprint density at radius 3 is 2.67 bits per heavy atom. The molecule has 0 saturated heterocycles. The molecule has 1 aromatic carbocycles. The Labute approximate surface area is 119 Å². The van der Waals surface area contributed by atoms with Crippen LogP contribution in [0.25, 0.3) is 0 Å². The van der Waals surface area contributed by atoms with Gasteiger partial charge >= 0.3 is 6.18 Å². The predicted molar refractivity (Wildman–Crippen MR) is 68.3 cm³/mol. The number of alkyl halides is 3. The van der Waals surface area contributed by atoms with Crippen molar-refractivity contribution in [3.63, 3.8) is 0 Å². The smallest absolute Gasteiger partial charge is 0.405 e. The number of hydrogen-bond donors (Lipinski definition) is 2. The molecular formula is C13H16F4N2O2. The Hall–Kier alpha value is -1.83. The highest BCUT2D eigenvalue weighted by molar-refractivity contribution is 5.77. The van der Waals surface area contributed by atoms with E-state index in [1.807, 2.05) is 6.92 Å². The zero-order chi connectivity index (χ0) is 15.9. The van der Waals surface area contributed by atoms with Gasteiger partial charge in [-0.25, -0.2) is 4.39 Å². The molecule has 0 bridgehead atoms. The minimum atomic E-state index is -4.47. The van der Waals surface area contributed by atoms with E-state index in [0.717, 1.165) is 6.07 Å². The lowest BCUT2D eigenvalue weighted by atomic mass is 10.2. The van der Waals surface area contributed by atoms with E-state index < -0.39 is 31.1 Å². The molecule has 21 heavy (non-hydrogen) atoms. The second-order valence-corrected chi connectivity index (χ2v) is 4.21. The third kappa shape index (κ3) is 6.94. The van der Waals surface area contributed by atoms with Crippen LogP contribution in [0.3, 0.4) is 0 Å². The number of nitrogens with one attached hydrogen (secondary N) is 2. The molecule has 1 amide bonds. The third-order valence-corrected chi connectivity index (χ3v) is 2.43. The van der Waals surface area contributed by atoms with Gasteiger partial charge in [-0.3, -0.25) is 4.79 Å². The third-order valence-electron chi connectivity index (χ3n) is 2.43. The molecule has 0 atom stereocenters. The van der Waals surface area contributed by atoms with Crippen LogP contribution in [0.15, 0.2) is 18.2 Å². The van der Waals surface area contributed by atoms with Crippen LogP contribution in [0, 0.1) is 5.82 Å². The molecule has 1 aromatic rings. The number of benzene rings is 1. The second kappa shape index (κ2) is 7.82. The highest BCUT2D eigenvalue weighted by Gasteiger charge is 2.27. The Morgan fingerprint density at radius 1 is 1.33 bits per heavy atom. The molecule has 0 aliphatic rings. The lowest BCUT2D eigenvalue weighted by Gasteiger charge is -2.13. The van der Waals surface area contributed by atoms with Gasteiger partial charge < -0.3 is 15.4 Å². The van der Waals surface area contributed by atoms with E-state index in [-0.39, 0.29) is 5.75 Å². The predicted octanol–water partition coefficient (Wildman–Crippen LogP) is 1.99. The van der Waals surface area contributed by atoms with Crippen LogP contribution < -0.4 is 15.4 Å².